The Hall–Kier alpha value is -3.45. The lowest BCUT2D eigenvalue weighted by Crippen LogP contribution is -2.32. The number of hydrogen-bond donors (Lipinski definition) is 0. The Morgan fingerprint density at radius 3 is 2.33 bits per heavy atom. The van der Waals surface area contributed by atoms with Gasteiger partial charge in [0, 0.05) is 4.88 Å². The third-order valence-electron chi connectivity index (χ3n) is 3.96. The van der Waals surface area contributed by atoms with E-state index in [1.807, 2.05) is 17.5 Å². The van der Waals surface area contributed by atoms with Crippen LogP contribution in [0.3, 0.4) is 0 Å². The van der Waals surface area contributed by atoms with Crippen LogP contribution in [-0.4, -0.2) is 22.8 Å². The standard InChI is InChI=1S/C20H13NO5S/c22-18-16-8-1-2-9-17(16)19(23)21(18)26-20(24)13-5-3-6-14(11-13)25-12-15-7-4-10-27-15/h1-11H,12H2. The van der Waals surface area contributed by atoms with Crippen LogP contribution < -0.4 is 4.74 Å². The molecular weight excluding hydrogens is 366 g/mol. The van der Waals surface area contributed by atoms with E-state index in [9.17, 15) is 14.4 Å². The number of imide groups is 1. The second-order valence-electron chi connectivity index (χ2n) is 5.72. The number of ether oxygens (including phenoxy) is 1. The quantitative estimate of drug-likeness (QED) is 0.632. The first-order valence-corrected chi connectivity index (χ1v) is 8.97. The topological polar surface area (TPSA) is 72.9 Å². The van der Waals surface area contributed by atoms with Gasteiger partial charge in [0.15, 0.2) is 0 Å². The van der Waals surface area contributed by atoms with Crippen molar-refractivity contribution in [3.63, 3.8) is 0 Å². The van der Waals surface area contributed by atoms with E-state index < -0.39 is 17.8 Å². The summed E-state index contributed by atoms with van der Waals surface area (Å²) < 4.78 is 5.66. The predicted octanol–water partition coefficient (Wildman–Crippen LogP) is 3.70. The summed E-state index contributed by atoms with van der Waals surface area (Å²) in [6.07, 6.45) is 0. The van der Waals surface area contributed by atoms with Gasteiger partial charge in [-0.2, -0.15) is 0 Å². The third kappa shape index (κ3) is 3.32. The highest BCUT2D eigenvalue weighted by atomic mass is 32.1. The second kappa shape index (κ2) is 7.05. The lowest BCUT2D eigenvalue weighted by atomic mass is 10.1. The van der Waals surface area contributed by atoms with Crippen LogP contribution >= 0.6 is 11.3 Å². The predicted molar refractivity (Wildman–Crippen MR) is 97.5 cm³/mol. The molecule has 0 saturated heterocycles. The normalized spacial score (nSPS) is 12.8. The zero-order valence-electron chi connectivity index (χ0n) is 14.0. The molecule has 0 bridgehead atoms. The van der Waals surface area contributed by atoms with Gasteiger partial charge in [-0.3, -0.25) is 9.59 Å². The largest absolute Gasteiger partial charge is 0.488 e. The number of amides is 2. The van der Waals surface area contributed by atoms with Gasteiger partial charge >= 0.3 is 5.97 Å². The number of thiophene rings is 1. The Labute approximate surface area is 158 Å². The van der Waals surface area contributed by atoms with Crippen LogP contribution in [0.5, 0.6) is 5.75 Å². The van der Waals surface area contributed by atoms with Crippen molar-refractivity contribution < 1.29 is 24.0 Å². The summed E-state index contributed by atoms with van der Waals surface area (Å²) in [5.74, 6) is -1.64. The Balaban J connectivity index is 1.47. The summed E-state index contributed by atoms with van der Waals surface area (Å²) in [5.41, 5.74) is 0.599. The van der Waals surface area contributed by atoms with Gasteiger partial charge in [-0.1, -0.05) is 29.3 Å². The summed E-state index contributed by atoms with van der Waals surface area (Å²) in [6, 6.07) is 16.6. The van der Waals surface area contributed by atoms with Crippen LogP contribution in [0.2, 0.25) is 0 Å². The molecule has 0 atom stereocenters. The molecule has 0 radical (unpaired) electrons. The summed E-state index contributed by atoms with van der Waals surface area (Å²) in [7, 11) is 0. The van der Waals surface area contributed by atoms with Crippen LogP contribution in [0, 0.1) is 0 Å². The van der Waals surface area contributed by atoms with Crippen molar-refractivity contribution in [2.24, 2.45) is 0 Å². The van der Waals surface area contributed by atoms with Gasteiger partial charge in [0.1, 0.15) is 12.4 Å². The first-order chi connectivity index (χ1) is 13.1. The molecule has 3 aromatic rings. The summed E-state index contributed by atoms with van der Waals surface area (Å²) >= 11 is 1.57. The molecule has 0 N–H and O–H groups in total. The molecule has 134 valence electrons. The Bertz CT molecular complexity index is 993. The minimum absolute atomic E-state index is 0.176. The zero-order chi connectivity index (χ0) is 18.8. The maximum atomic E-state index is 12.4. The van der Waals surface area contributed by atoms with E-state index in [0.717, 1.165) is 4.88 Å². The number of carbonyl (C=O) groups is 3. The fourth-order valence-electron chi connectivity index (χ4n) is 2.65. The van der Waals surface area contributed by atoms with E-state index in [-0.39, 0.29) is 16.7 Å². The minimum Gasteiger partial charge on any atom is -0.488 e. The Morgan fingerprint density at radius 1 is 0.926 bits per heavy atom. The molecule has 1 aromatic heterocycles. The highest BCUT2D eigenvalue weighted by Gasteiger charge is 2.38. The first kappa shape index (κ1) is 17.0. The number of hydrogen-bond acceptors (Lipinski definition) is 6. The molecule has 27 heavy (non-hydrogen) atoms. The zero-order valence-corrected chi connectivity index (χ0v) is 14.8. The average Bonchev–Trinajstić information content (AvgIpc) is 3.30. The lowest BCUT2D eigenvalue weighted by Gasteiger charge is -2.13. The van der Waals surface area contributed by atoms with Crippen LogP contribution in [0.15, 0.2) is 66.0 Å². The van der Waals surface area contributed by atoms with E-state index in [2.05, 4.69) is 0 Å². The van der Waals surface area contributed by atoms with E-state index in [1.54, 1.807) is 35.6 Å². The number of rotatable bonds is 5. The molecule has 2 amide bonds. The molecule has 7 heteroatoms. The van der Waals surface area contributed by atoms with Crippen molar-refractivity contribution in [3.8, 4) is 5.75 Å². The molecule has 1 aliphatic rings. The van der Waals surface area contributed by atoms with E-state index >= 15 is 0 Å². The molecule has 4 rings (SSSR count). The van der Waals surface area contributed by atoms with Crippen molar-refractivity contribution in [1.29, 1.82) is 0 Å². The van der Waals surface area contributed by atoms with Gasteiger partial charge in [0.2, 0.25) is 0 Å². The molecule has 6 nitrogen and oxygen atoms in total. The molecule has 2 aromatic carbocycles. The Kier molecular flexibility index (Phi) is 4.43. The summed E-state index contributed by atoms with van der Waals surface area (Å²) in [5, 5.41) is 2.45. The maximum Gasteiger partial charge on any atom is 0.364 e. The van der Waals surface area contributed by atoms with Gasteiger partial charge in [-0.25, -0.2) is 4.79 Å². The van der Waals surface area contributed by atoms with Crippen molar-refractivity contribution in [2.75, 3.05) is 0 Å². The molecule has 2 heterocycles. The molecule has 0 saturated carbocycles. The SMILES string of the molecule is O=C(ON1C(=O)c2ccccc2C1=O)c1cccc(OCc2cccs2)c1. The lowest BCUT2D eigenvalue weighted by molar-refractivity contribution is -0.0584. The molecule has 0 spiro atoms. The number of fused-ring (bicyclic) bond motifs is 1. The monoisotopic (exact) mass is 379 g/mol. The fraction of sp³-hybridized carbons (Fsp3) is 0.0500. The van der Waals surface area contributed by atoms with Crippen molar-refractivity contribution in [3.05, 3.63) is 87.6 Å². The number of benzene rings is 2. The Morgan fingerprint density at radius 2 is 1.67 bits per heavy atom. The summed E-state index contributed by atoms with van der Waals surface area (Å²) in [4.78, 5) is 43.1. The van der Waals surface area contributed by atoms with Gasteiger partial charge in [0.05, 0.1) is 16.7 Å². The van der Waals surface area contributed by atoms with Gasteiger partial charge in [-0.05, 0) is 41.8 Å². The van der Waals surface area contributed by atoms with Gasteiger partial charge < -0.3 is 9.57 Å². The number of carbonyl (C=O) groups excluding carboxylic acids is 3. The molecular formula is C20H13NO5S. The smallest absolute Gasteiger partial charge is 0.364 e. The van der Waals surface area contributed by atoms with E-state index in [1.165, 1.54) is 24.3 Å². The third-order valence-corrected chi connectivity index (χ3v) is 4.81. The van der Waals surface area contributed by atoms with Crippen molar-refractivity contribution in [2.45, 2.75) is 6.61 Å². The molecule has 0 unspecified atom stereocenters. The molecule has 0 fully saturated rings. The highest BCUT2D eigenvalue weighted by Crippen LogP contribution is 2.24. The summed E-state index contributed by atoms with van der Waals surface area (Å²) in [6.45, 7) is 0.384. The van der Waals surface area contributed by atoms with Crippen LogP contribution in [0.25, 0.3) is 0 Å². The maximum absolute atomic E-state index is 12.4. The average molecular weight is 379 g/mol. The van der Waals surface area contributed by atoms with E-state index in [0.29, 0.717) is 17.4 Å². The van der Waals surface area contributed by atoms with Crippen LogP contribution in [0.1, 0.15) is 36.0 Å². The fourth-order valence-corrected chi connectivity index (χ4v) is 3.26. The molecule has 0 aliphatic carbocycles. The highest BCUT2D eigenvalue weighted by molar-refractivity contribution is 7.09. The van der Waals surface area contributed by atoms with Crippen LogP contribution in [0.4, 0.5) is 0 Å². The minimum atomic E-state index is -0.814. The van der Waals surface area contributed by atoms with Gasteiger partial charge in [0.25, 0.3) is 11.8 Å². The van der Waals surface area contributed by atoms with Crippen molar-refractivity contribution in [1.82, 2.24) is 5.06 Å². The number of hydroxylamine groups is 2. The van der Waals surface area contributed by atoms with Gasteiger partial charge in [-0.15, -0.1) is 11.3 Å². The first-order valence-electron chi connectivity index (χ1n) is 8.09. The number of nitrogens with zero attached hydrogens (tertiary/aromatic N) is 1. The molecule has 1 aliphatic heterocycles. The van der Waals surface area contributed by atoms with Crippen LogP contribution in [-0.2, 0) is 11.4 Å². The van der Waals surface area contributed by atoms with Crippen molar-refractivity contribution >= 4 is 29.1 Å². The van der Waals surface area contributed by atoms with E-state index in [4.69, 9.17) is 9.57 Å². The second-order valence-corrected chi connectivity index (χ2v) is 6.76.